The molecule has 3 heterocycles. The van der Waals surface area contributed by atoms with Gasteiger partial charge in [0, 0.05) is 11.8 Å². The molecule has 2 aromatic rings. The minimum Gasteiger partial charge on any atom is -0.448 e. The van der Waals surface area contributed by atoms with E-state index in [-0.39, 0.29) is 36.7 Å². The van der Waals surface area contributed by atoms with Crippen molar-refractivity contribution in [3.63, 3.8) is 0 Å². The predicted molar refractivity (Wildman–Crippen MR) is 90.5 cm³/mol. The second-order valence-electron chi connectivity index (χ2n) is 4.46. The van der Waals surface area contributed by atoms with E-state index in [0.717, 1.165) is 5.56 Å². The Balaban J connectivity index is 0.00000132. The van der Waals surface area contributed by atoms with Gasteiger partial charge in [0.05, 0.1) is 25.4 Å². The number of nitrogen functional groups attached to an aromatic ring is 1. The van der Waals surface area contributed by atoms with Crippen molar-refractivity contribution in [2.75, 3.05) is 17.2 Å². The number of carbonyl (C=O) groups excluding carboxylic acids is 1. The molecule has 0 unspecified atom stereocenters. The molecule has 0 amide bonds. The molecule has 2 N–H and O–H groups in total. The van der Waals surface area contributed by atoms with Crippen LogP contribution in [0.2, 0.25) is 5.28 Å². The lowest BCUT2D eigenvalue weighted by atomic mass is 10.3. The van der Waals surface area contributed by atoms with Crippen LogP contribution in [0.4, 0.5) is 16.4 Å². The van der Waals surface area contributed by atoms with Crippen molar-refractivity contribution in [3.05, 3.63) is 28.8 Å². The quantitative estimate of drug-likeness (QED) is 0.797. The number of nitrogens with zero attached hydrogens (tertiary/aromatic N) is 5. The van der Waals surface area contributed by atoms with Gasteiger partial charge in [0.25, 0.3) is 0 Å². The van der Waals surface area contributed by atoms with Crippen LogP contribution in [-0.4, -0.2) is 32.4 Å². The maximum atomic E-state index is 11.9. The number of rotatable bonds is 2. The van der Waals surface area contributed by atoms with E-state index in [1.165, 1.54) is 4.68 Å². The summed E-state index contributed by atoms with van der Waals surface area (Å²) in [6, 6.07) is 1.75. The van der Waals surface area contributed by atoms with Gasteiger partial charge in [0.1, 0.15) is 5.82 Å². The van der Waals surface area contributed by atoms with E-state index < -0.39 is 6.09 Å². The minimum absolute atomic E-state index is 0. The molecule has 23 heavy (non-hydrogen) atoms. The number of hydrogen-bond donors (Lipinski definition) is 1. The first-order chi connectivity index (χ1) is 10.1. The van der Waals surface area contributed by atoms with Crippen LogP contribution in [0.25, 0.3) is 0 Å². The molecule has 0 fully saturated rings. The molecule has 3 rings (SSSR count). The molecular formula is C12H15Cl3N6O2. The largest absolute Gasteiger partial charge is 0.448 e. The Morgan fingerprint density at radius 1 is 1.43 bits per heavy atom. The standard InChI is InChI=1S/C12H13ClN6O2.2ClH/c1-2-21-12(20)19-8-6-18(5-7(8)10(14)17-19)9-3-4-15-11(13)16-9;;/h3-4H,2,5-6H2,1H3,(H2,14,17);2*1H. The van der Waals surface area contributed by atoms with Gasteiger partial charge in [0.2, 0.25) is 5.28 Å². The maximum absolute atomic E-state index is 11.9. The molecule has 0 bridgehead atoms. The fourth-order valence-electron chi connectivity index (χ4n) is 2.27. The van der Waals surface area contributed by atoms with Crippen LogP contribution in [0.5, 0.6) is 0 Å². The Morgan fingerprint density at radius 3 is 2.83 bits per heavy atom. The van der Waals surface area contributed by atoms with Crippen LogP contribution in [0.1, 0.15) is 18.2 Å². The summed E-state index contributed by atoms with van der Waals surface area (Å²) in [6.07, 6.45) is 1.04. The van der Waals surface area contributed by atoms with Gasteiger partial charge in [-0.05, 0) is 24.6 Å². The van der Waals surface area contributed by atoms with Gasteiger partial charge in [0.15, 0.2) is 5.82 Å². The number of anilines is 2. The number of hydrogen-bond acceptors (Lipinski definition) is 7. The highest BCUT2D eigenvalue weighted by Crippen LogP contribution is 2.30. The van der Waals surface area contributed by atoms with Crippen LogP contribution in [0.3, 0.4) is 0 Å². The molecule has 1 aliphatic rings. The molecule has 0 saturated carbocycles. The Morgan fingerprint density at radius 2 is 2.17 bits per heavy atom. The lowest BCUT2D eigenvalue weighted by Crippen LogP contribution is -2.22. The highest BCUT2D eigenvalue weighted by atomic mass is 35.5. The van der Waals surface area contributed by atoms with Crippen molar-refractivity contribution < 1.29 is 9.53 Å². The van der Waals surface area contributed by atoms with Gasteiger partial charge in [-0.15, -0.1) is 29.9 Å². The zero-order chi connectivity index (χ0) is 15.0. The van der Waals surface area contributed by atoms with Gasteiger partial charge in [-0.25, -0.2) is 14.8 Å². The first kappa shape index (κ1) is 19.3. The van der Waals surface area contributed by atoms with Crippen LogP contribution in [0.15, 0.2) is 12.3 Å². The van der Waals surface area contributed by atoms with E-state index in [9.17, 15) is 4.79 Å². The highest BCUT2D eigenvalue weighted by molar-refractivity contribution is 6.28. The normalized spacial score (nSPS) is 12.2. The Kier molecular flexibility index (Phi) is 6.43. The third kappa shape index (κ3) is 3.60. The molecule has 2 aromatic heterocycles. The smallest absolute Gasteiger partial charge is 0.435 e. The molecule has 11 heteroatoms. The van der Waals surface area contributed by atoms with Gasteiger partial charge in [-0.3, -0.25) is 0 Å². The number of halogens is 3. The third-order valence-electron chi connectivity index (χ3n) is 3.19. The van der Waals surface area contributed by atoms with Crippen molar-refractivity contribution >= 4 is 54.1 Å². The van der Waals surface area contributed by atoms with Crippen molar-refractivity contribution in [1.82, 2.24) is 19.7 Å². The molecule has 0 aliphatic carbocycles. The summed E-state index contributed by atoms with van der Waals surface area (Å²) in [4.78, 5) is 21.8. The lowest BCUT2D eigenvalue weighted by molar-refractivity contribution is 0.149. The summed E-state index contributed by atoms with van der Waals surface area (Å²) in [6.45, 7) is 2.97. The molecule has 126 valence electrons. The molecule has 0 radical (unpaired) electrons. The lowest BCUT2D eigenvalue weighted by Gasteiger charge is -2.16. The van der Waals surface area contributed by atoms with Crippen LogP contribution in [0, 0.1) is 0 Å². The summed E-state index contributed by atoms with van der Waals surface area (Å²) in [5.74, 6) is 0.988. The van der Waals surface area contributed by atoms with E-state index in [0.29, 0.717) is 30.4 Å². The Bertz CT molecular complexity index is 708. The number of carbonyl (C=O) groups is 1. The SMILES string of the molecule is CCOC(=O)n1nc(N)c2c1CN(c1ccnc(Cl)n1)C2.Cl.Cl. The van der Waals surface area contributed by atoms with E-state index in [4.69, 9.17) is 22.1 Å². The Hall–Kier alpha value is -1.77. The number of nitrogens with two attached hydrogens (primary N) is 1. The summed E-state index contributed by atoms with van der Waals surface area (Å²) in [5, 5.41) is 4.20. The number of ether oxygens (including phenoxy) is 1. The Labute approximate surface area is 149 Å². The maximum Gasteiger partial charge on any atom is 0.435 e. The second-order valence-corrected chi connectivity index (χ2v) is 4.80. The monoisotopic (exact) mass is 380 g/mol. The summed E-state index contributed by atoms with van der Waals surface area (Å²) >= 11 is 5.80. The van der Waals surface area contributed by atoms with E-state index in [2.05, 4.69) is 15.1 Å². The van der Waals surface area contributed by atoms with Gasteiger partial charge >= 0.3 is 6.09 Å². The van der Waals surface area contributed by atoms with Crippen LogP contribution < -0.4 is 10.6 Å². The van der Waals surface area contributed by atoms with Crippen molar-refractivity contribution in [2.45, 2.75) is 20.0 Å². The van der Waals surface area contributed by atoms with Gasteiger partial charge < -0.3 is 15.4 Å². The summed E-state index contributed by atoms with van der Waals surface area (Å²) in [5.41, 5.74) is 7.38. The molecule has 0 spiro atoms. The minimum atomic E-state index is -0.534. The molecule has 0 saturated heterocycles. The zero-order valence-corrected chi connectivity index (χ0v) is 14.5. The predicted octanol–water partition coefficient (Wildman–Crippen LogP) is 2.28. The van der Waals surface area contributed by atoms with E-state index in [1.807, 2.05) is 4.90 Å². The highest BCUT2D eigenvalue weighted by Gasteiger charge is 2.30. The first-order valence-electron chi connectivity index (χ1n) is 6.37. The molecular weight excluding hydrogens is 367 g/mol. The fourth-order valence-corrected chi connectivity index (χ4v) is 2.41. The van der Waals surface area contributed by atoms with Crippen LogP contribution >= 0.6 is 36.4 Å². The van der Waals surface area contributed by atoms with E-state index in [1.54, 1.807) is 19.2 Å². The fraction of sp³-hybridized carbons (Fsp3) is 0.333. The molecule has 1 aliphatic heterocycles. The topological polar surface area (TPSA) is 99.2 Å². The third-order valence-corrected chi connectivity index (χ3v) is 3.37. The van der Waals surface area contributed by atoms with E-state index >= 15 is 0 Å². The van der Waals surface area contributed by atoms with Crippen molar-refractivity contribution in [2.24, 2.45) is 0 Å². The van der Waals surface area contributed by atoms with Gasteiger partial charge in [-0.2, -0.15) is 4.68 Å². The summed E-state index contributed by atoms with van der Waals surface area (Å²) in [7, 11) is 0. The number of fused-ring (bicyclic) bond motifs is 1. The molecule has 0 atom stereocenters. The average Bonchev–Trinajstić information content (AvgIpc) is 3.00. The average molecular weight is 382 g/mol. The van der Waals surface area contributed by atoms with Crippen molar-refractivity contribution in [1.29, 1.82) is 0 Å². The first-order valence-corrected chi connectivity index (χ1v) is 6.74. The summed E-state index contributed by atoms with van der Waals surface area (Å²) < 4.78 is 6.17. The molecule has 8 nitrogen and oxygen atoms in total. The van der Waals surface area contributed by atoms with Crippen LogP contribution in [-0.2, 0) is 17.8 Å². The van der Waals surface area contributed by atoms with Crippen molar-refractivity contribution in [3.8, 4) is 0 Å². The molecule has 0 aromatic carbocycles. The second kappa shape index (κ2) is 7.67. The zero-order valence-electron chi connectivity index (χ0n) is 12.1. The number of aromatic nitrogens is 4. The van der Waals surface area contributed by atoms with Gasteiger partial charge in [-0.1, -0.05) is 0 Å².